The molecule has 0 spiro atoms. The van der Waals surface area contributed by atoms with Crippen LogP contribution in [0.3, 0.4) is 0 Å². The van der Waals surface area contributed by atoms with Gasteiger partial charge in [-0.1, -0.05) is 44.0 Å². The van der Waals surface area contributed by atoms with Crippen LogP contribution in [0.15, 0.2) is 61.2 Å². The lowest BCUT2D eigenvalue weighted by molar-refractivity contribution is -0.111. The van der Waals surface area contributed by atoms with E-state index in [9.17, 15) is 4.79 Å². The first-order chi connectivity index (χ1) is 14.7. The summed E-state index contributed by atoms with van der Waals surface area (Å²) < 4.78 is 0. The maximum Gasteiger partial charge on any atom is 0.247 e. The van der Waals surface area contributed by atoms with Crippen LogP contribution in [-0.2, 0) is 11.3 Å². The molecule has 1 heterocycles. The van der Waals surface area contributed by atoms with Crippen molar-refractivity contribution in [1.82, 2.24) is 20.2 Å². The van der Waals surface area contributed by atoms with Crippen molar-refractivity contribution < 1.29 is 4.79 Å². The van der Waals surface area contributed by atoms with E-state index in [1.807, 2.05) is 48.5 Å². The summed E-state index contributed by atoms with van der Waals surface area (Å²) in [5, 5.41) is 19.4. The monoisotopic (exact) mass is 402 g/mol. The summed E-state index contributed by atoms with van der Waals surface area (Å²) in [6.45, 7) is 4.30. The highest BCUT2D eigenvalue weighted by Gasteiger charge is 2.17. The fourth-order valence-electron chi connectivity index (χ4n) is 3.82. The van der Waals surface area contributed by atoms with E-state index >= 15 is 0 Å². The fourth-order valence-corrected chi connectivity index (χ4v) is 3.82. The zero-order valence-electron chi connectivity index (χ0n) is 16.9. The van der Waals surface area contributed by atoms with E-state index in [4.69, 9.17) is 0 Å². The predicted octanol–water partition coefficient (Wildman–Crippen LogP) is 4.79. The van der Waals surface area contributed by atoms with Gasteiger partial charge in [0.2, 0.25) is 11.7 Å². The summed E-state index contributed by atoms with van der Waals surface area (Å²) in [4.78, 5) is 13.4. The highest BCUT2D eigenvalue weighted by atomic mass is 16.1. The van der Waals surface area contributed by atoms with Crippen LogP contribution in [0.4, 0.5) is 17.1 Å². The van der Waals surface area contributed by atoms with Gasteiger partial charge in [0.1, 0.15) is 0 Å². The molecule has 2 N–H and O–H groups in total. The minimum absolute atomic E-state index is 0.265. The number of anilines is 3. The highest BCUT2D eigenvalue weighted by Crippen LogP contribution is 2.31. The maximum atomic E-state index is 11.7. The molecular weight excluding hydrogens is 376 g/mol. The van der Waals surface area contributed by atoms with Crippen molar-refractivity contribution in [1.29, 1.82) is 0 Å². The Hall–Kier alpha value is -3.48. The Balaban J connectivity index is 1.62. The van der Waals surface area contributed by atoms with E-state index in [0.29, 0.717) is 17.4 Å². The van der Waals surface area contributed by atoms with Crippen LogP contribution in [0.25, 0.3) is 11.4 Å². The zero-order chi connectivity index (χ0) is 20.8. The van der Waals surface area contributed by atoms with E-state index < -0.39 is 0 Å². The van der Waals surface area contributed by atoms with Crippen molar-refractivity contribution >= 4 is 23.0 Å². The van der Waals surface area contributed by atoms with E-state index in [-0.39, 0.29) is 5.91 Å². The SMILES string of the molecule is C=CC(=O)Nc1ccc(Nc2ccccc2)c(-c2nnn(CC3CCCCC3)n2)c1. The maximum absolute atomic E-state index is 11.7. The topological polar surface area (TPSA) is 84.7 Å². The lowest BCUT2D eigenvalue weighted by atomic mass is 9.89. The average molecular weight is 403 g/mol. The number of hydrogen-bond donors (Lipinski definition) is 2. The molecule has 7 nitrogen and oxygen atoms in total. The Kier molecular flexibility index (Phi) is 6.17. The number of amides is 1. The van der Waals surface area contributed by atoms with Crippen molar-refractivity contribution in [3.8, 4) is 11.4 Å². The minimum atomic E-state index is -0.265. The van der Waals surface area contributed by atoms with Crippen molar-refractivity contribution in [2.24, 2.45) is 5.92 Å². The first-order valence-electron chi connectivity index (χ1n) is 10.4. The molecule has 4 rings (SSSR count). The zero-order valence-corrected chi connectivity index (χ0v) is 16.9. The van der Waals surface area contributed by atoms with E-state index in [2.05, 4.69) is 32.6 Å². The number of carbonyl (C=O) groups excluding carboxylic acids is 1. The van der Waals surface area contributed by atoms with Gasteiger partial charge in [-0.2, -0.15) is 4.80 Å². The average Bonchev–Trinajstić information content (AvgIpc) is 3.24. The van der Waals surface area contributed by atoms with Gasteiger partial charge in [0.05, 0.1) is 6.54 Å². The Labute approximate surface area is 176 Å². The standard InChI is InChI=1S/C23H26N6O/c1-2-22(30)25-19-13-14-21(24-18-11-7-4-8-12-18)20(15-19)23-26-28-29(27-23)16-17-9-5-3-6-10-17/h2,4,7-8,11-15,17,24H,1,3,5-6,9-10,16H2,(H,25,30). The van der Waals surface area contributed by atoms with E-state index in [0.717, 1.165) is 23.5 Å². The number of hydrogen-bond acceptors (Lipinski definition) is 5. The second-order valence-electron chi connectivity index (χ2n) is 7.62. The number of rotatable bonds is 7. The number of aromatic nitrogens is 4. The third-order valence-corrected chi connectivity index (χ3v) is 5.37. The molecule has 0 bridgehead atoms. The molecule has 1 saturated carbocycles. The summed E-state index contributed by atoms with van der Waals surface area (Å²) in [5.41, 5.74) is 3.22. The van der Waals surface area contributed by atoms with Gasteiger partial charge in [-0.3, -0.25) is 4.79 Å². The smallest absolute Gasteiger partial charge is 0.247 e. The molecule has 3 aromatic rings. The summed E-state index contributed by atoms with van der Waals surface area (Å²) >= 11 is 0. The molecule has 7 heteroatoms. The number of benzene rings is 2. The van der Waals surface area contributed by atoms with Gasteiger partial charge in [0, 0.05) is 22.6 Å². The summed E-state index contributed by atoms with van der Waals surface area (Å²) in [7, 11) is 0. The van der Waals surface area contributed by atoms with Crippen LogP contribution < -0.4 is 10.6 Å². The molecule has 1 amide bonds. The second kappa shape index (κ2) is 9.35. The molecule has 0 atom stereocenters. The quantitative estimate of drug-likeness (QED) is 0.555. The largest absolute Gasteiger partial charge is 0.355 e. The molecule has 1 aliphatic rings. The molecule has 1 aromatic heterocycles. The Morgan fingerprint density at radius 1 is 1.10 bits per heavy atom. The summed E-state index contributed by atoms with van der Waals surface area (Å²) in [6.07, 6.45) is 7.57. The Morgan fingerprint density at radius 2 is 1.90 bits per heavy atom. The first-order valence-corrected chi connectivity index (χ1v) is 10.4. The minimum Gasteiger partial charge on any atom is -0.355 e. The van der Waals surface area contributed by atoms with Crippen LogP contribution >= 0.6 is 0 Å². The van der Waals surface area contributed by atoms with Crippen molar-refractivity contribution in [2.75, 3.05) is 10.6 Å². The summed E-state index contributed by atoms with van der Waals surface area (Å²) in [5.74, 6) is 0.874. The molecule has 2 aromatic carbocycles. The third-order valence-electron chi connectivity index (χ3n) is 5.37. The number of para-hydroxylation sites is 1. The van der Waals surface area contributed by atoms with E-state index in [1.54, 1.807) is 4.80 Å². The van der Waals surface area contributed by atoms with Gasteiger partial charge in [-0.05, 0) is 60.4 Å². The number of nitrogens with one attached hydrogen (secondary N) is 2. The molecule has 0 radical (unpaired) electrons. The van der Waals surface area contributed by atoms with Crippen molar-refractivity contribution in [3.05, 3.63) is 61.2 Å². The molecule has 0 saturated heterocycles. The van der Waals surface area contributed by atoms with Crippen molar-refractivity contribution in [3.63, 3.8) is 0 Å². The van der Waals surface area contributed by atoms with E-state index in [1.165, 1.54) is 38.2 Å². The first kappa shape index (κ1) is 19.8. The van der Waals surface area contributed by atoms with Gasteiger partial charge in [-0.15, -0.1) is 10.2 Å². The lowest BCUT2D eigenvalue weighted by Crippen LogP contribution is -2.16. The molecule has 1 fully saturated rings. The molecular formula is C23H26N6O. The molecule has 30 heavy (non-hydrogen) atoms. The normalized spacial score (nSPS) is 14.3. The van der Waals surface area contributed by atoms with Crippen LogP contribution in [0, 0.1) is 5.92 Å². The highest BCUT2D eigenvalue weighted by molar-refractivity contribution is 5.99. The van der Waals surface area contributed by atoms with Gasteiger partial charge in [-0.25, -0.2) is 0 Å². The number of carbonyl (C=O) groups is 1. The number of nitrogens with zero attached hydrogens (tertiary/aromatic N) is 4. The Morgan fingerprint density at radius 3 is 2.67 bits per heavy atom. The predicted molar refractivity (Wildman–Crippen MR) is 118 cm³/mol. The van der Waals surface area contributed by atoms with Crippen LogP contribution in [0.2, 0.25) is 0 Å². The van der Waals surface area contributed by atoms with Gasteiger partial charge in [0.15, 0.2) is 0 Å². The molecule has 154 valence electrons. The molecule has 0 unspecified atom stereocenters. The van der Waals surface area contributed by atoms with Crippen LogP contribution in [0.5, 0.6) is 0 Å². The fraction of sp³-hybridized carbons (Fsp3) is 0.304. The van der Waals surface area contributed by atoms with Crippen LogP contribution in [0.1, 0.15) is 32.1 Å². The lowest BCUT2D eigenvalue weighted by Gasteiger charge is -2.20. The Bertz CT molecular complexity index is 1010. The third kappa shape index (κ3) is 4.92. The molecule has 1 aliphatic carbocycles. The number of tetrazole rings is 1. The second-order valence-corrected chi connectivity index (χ2v) is 7.62. The molecule has 0 aliphatic heterocycles. The summed E-state index contributed by atoms with van der Waals surface area (Å²) in [6, 6.07) is 15.5. The van der Waals surface area contributed by atoms with Gasteiger partial charge >= 0.3 is 0 Å². The van der Waals surface area contributed by atoms with Gasteiger partial charge in [0.25, 0.3) is 0 Å². The van der Waals surface area contributed by atoms with Gasteiger partial charge < -0.3 is 10.6 Å². The van der Waals surface area contributed by atoms with Crippen LogP contribution in [-0.4, -0.2) is 26.1 Å². The van der Waals surface area contributed by atoms with Crippen molar-refractivity contribution in [2.45, 2.75) is 38.6 Å².